The number of carbonyl (C=O) groups is 1. The SMILES string of the molecule is COc1cccc(OCCCCn2c(C(C)NC(C)=O)nc3ccccc32)c1. The van der Waals surface area contributed by atoms with E-state index < -0.39 is 0 Å². The summed E-state index contributed by atoms with van der Waals surface area (Å²) in [6.45, 7) is 4.95. The van der Waals surface area contributed by atoms with Gasteiger partial charge < -0.3 is 19.4 Å². The highest BCUT2D eigenvalue weighted by Gasteiger charge is 2.16. The maximum atomic E-state index is 11.5. The molecule has 1 unspecified atom stereocenters. The molecule has 0 saturated heterocycles. The second-order valence-electron chi connectivity index (χ2n) is 6.77. The minimum absolute atomic E-state index is 0.0576. The van der Waals surface area contributed by atoms with Crippen LogP contribution in [0.15, 0.2) is 48.5 Å². The van der Waals surface area contributed by atoms with E-state index in [4.69, 9.17) is 14.5 Å². The van der Waals surface area contributed by atoms with Gasteiger partial charge in [-0.25, -0.2) is 4.98 Å². The van der Waals surface area contributed by atoms with Gasteiger partial charge in [-0.2, -0.15) is 0 Å². The lowest BCUT2D eigenvalue weighted by molar-refractivity contribution is -0.119. The molecule has 0 saturated carbocycles. The number of hydrogen-bond donors (Lipinski definition) is 1. The fourth-order valence-electron chi connectivity index (χ4n) is 3.28. The summed E-state index contributed by atoms with van der Waals surface area (Å²) in [6, 6.07) is 15.6. The van der Waals surface area contributed by atoms with Gasteiger partial charge in [-0.3, -0.25) is 4.79 Å². The molecule has 1 N–H and O–H groups in total. The second kappa shape index (κ2) is 9.26. The number of rotatable bonds is 9. The summed E-state index contributed by atoms with van der Waals surface area (Å²) in [5.41, 5.74) is 2.03. The van der Waals surface area contributed by atoms with E-state index in [1.54, 1.807) is 7.11 Å². The molecule has 1 atom stereocenters. The molecular weight excluding hydrogens is 354 g/mol. The summed E-state index contributed by atoms with van der Waals surface area (Å²) in [5, 5.41) is 2.94. The molecular formula is C22H27N3O3. The Hall–Kier alpha value is -3.02. The minimum atomic E-state index is -0.141. The average Bonchev–Trinajstić information content (AvgIpc) is 3.06. The first-order valence-corrected chi connectivity index (χ1v) is 9.57. The highest BCUT2D eigenvalue weighted by molar-refractivity contribution is 5.77. The smallest absolute Gasteiger partial charge is 0.217 e. The summed E-state index contributed by atoms with van der Waals surface area (Å²) in [5.74, 6) is 2.43. The monoisotopic (exact) mass is 381 g/mol. The first-order chi connectivity index (χ1) is 13.6. The number of carbonyl (C=O) groups excluding carboxylic acids is 1. The zero-order valence-corrected chi connectivity index (χ0v) is 16.6. The molecule has 1 amide bonds. The van der Waals surface area contributed by atoms with Crippen molar-refractivity contribution in [2.45, 2.75) is 39.3 Å². The number of hydrogen-bond acceptors (Lipinski definition) is 4. The van der Waals surface area contributed by atoms with Gasteiger partial charge in [0.2, 0.25) is 5.91 Å². The topological polar surface area (TPSA) is 65.4 Å². The maximum Gasteiger partial charge on any atom is 0.217 e. The van der Waals surface area contributed by atoms with E-state index in [1.165, 1.54) is 6.92 Å². The Balaban J connectivity index is 1.62. The van der Waals surface area contributed by atoms with Gasteiger partial charge in [0.1, 0.15) is 17.3 Å². The molecule has 1 heterocycles. The number of methoxy groups -OCH3 is 1. The third-order valence-electron chi connectivity index (χ3n) is 4.58. The number of amides is 1. The first kappa shape index (κ1) is 19.7. The third kappa shape index (κ3) is 4.82. The van der Waals surface area contributed by atoms with Crippen molar-refractivity contribution in [3.8, 4) is 11.5 Å². The van der Waals surface area contributed by atoms with Gasteiger partial charge in [0.25, 0.3) is 0 Å². The number of fused-ring (bicyclic) bond motifs is 1. The van der Waals surface area contributed by atoms with E-state index in [-0.39, 0.29) is 11.9 Å². The molecule has 0 spiro atoms. The quantitative estimate of drug-likeness (QED) is 0.567. The number of aryl methyl sites for hydroxylation is 1. The lowest BCUT2D eigenvalue weighted by Gasteiger charge is -2.15. The molecule has 3 aromatic rings. The predicted octanol–water partition coefficient (Wildman–Crippen LogP) is 4.10. The van der Waals surface area contributed by atoms with Crippen molar-refractivity contribution in [3.05, 3.63) is 54.4 Å². The summed E-state index contributed by atoms with van der Waals surface area (Å²) in [6.07, 6.45) is 1.86. The highest BCUT2D eigenvalue weighted by Crippen LogP contribution is 2.22. The average molecular weight is 381 g/mol. The van der Waals surface area contributed by atoms with Crippen molar-refractivity contribution in [1.29, 1.82) is 0 Å². The Morgan fingerprint density at radius 3 is 2.71 bits per heavy atom. The normalized spacial score (nSPS) is 12.0. The standard InChI is InChI=1S/C22H27N3O3/c1-16(23-17(2)26)22-24-20-11-4-5-12-21(20)25(22)13-6-7-14-28-19-10-8-9-18(15-19)27-3/h4-5,8-12,15-16H,6-7,13-14H2,1-3H3,(H,23,26). The van der Waals surface area contributed by atoms with Crippen LogP contribution in [0.5, 0.6) is 11.5 Å². The van der Waals surface area contributed by atoms with Crippen molar-refractivity contribution >= 4 is 16.9 Å². The van der Waals surface area contributed by atoms with E-state index in [0.717, 1.165) is 47.7 Å². The Morgan fingerprint density at radius 2 is 1.93 bits per heavy atom. The van der Waals surface area contributed by atoms with Crippen molar-refractivity contribution in [1.82, 2.24) is 14.9 Å². The molecule has 2 aromatic carbocycles. The molecule has 6 heteroatoms. The van der Waals surface area contributed by atoms with Crippen LogP contribution in [0.3, 0.4) is 0 Å². The van der Waals surface area contributed by atoms with E-state index in [2.05, 4.69) is 16.0 Å². The number of aromatic nitrogens is 2. The largest absolute Gasteiger partial charge is 0.497 e. The van der Waals surface area contributed by atoms with Crippen LogP contribution < -0.4 is 14.8 Å². The minimum Gasteiger partial charge on any atom is -0.497 e. The third-order valence-corrected chi connectivity index (χ3v) is 4.58. The van der Waals surface area contributed by atoms with Gasteiger partial charge in [0, 0.05) is 19.5 Å². The molecule has 0 fully saturated rings. The van der Waals surface area contributed by atoms with Crippen LogP contribution in [0.1, 0.15) is 38.6 Å². The molecule has 0 aliphatic heterocycles. The van der Waals surface area contributed by atoms with Gasteiger partial charge in [0.15, 0.2) is 0 Å². The Labute approximate surface area is 165 Å². The molecule has 0 radical (unpaired) electrons. The van der Waals surface area contributed by atoms with Gasteiger partial charge in [-0.1, -0.05) is 18.2 Å². The number of unbranched alkanes of at least 4 members (excludes halogenated alkanes) is 1. The van der Waals surface area contributed by atoms with Gasteiger partial charge in [-0.15, -0.1) is 0 Å². The zero-order chi connectivity index (χ0) is 19.9. The molecule has 0 aliphatic carbocycles. The van der Waals surface area contributed by atoms with Crippen molar-refractivity contribution < 1.29 is 14.3 Å². The molecule has 148 valence electrons. The Bertz CT molecular complexity index is 936. The molecule has 0 aliphatic rings. The number of nitrogens with one attached hydrogen (secondary N) is 1. The van der Waals surface area contributed by atoms with E-state index >= 15 is 0 Å². The van der Waals surface area contributed by atoms with Gasteiger partial charge in [0.05, 0.1) is 30.8 Å². The lowest BCUT2D eigenvalue weighted by atomic mass is 10.2. The molecule has 6 nitrogen and oxygen atoms in total. The van der Waals surface area contributed by atoms with Gasteiger partial charge >= 0.3 is 0 Å². The van der Waals surface area contributed by atoms with Crippen LogP contribution in [0.4, 0.5) is 0 Å². The highest BCUT2D eigenvalue weighted by atomic mass is 16.5. The van der Waals surface area contributed by atoms with Crippen LogP contribution in [-0.4, -0.2) is 29.2 Å². The fraction of sp³-hybridized carbons (Fsp3) is 0.364. The van der Waals surface area contributed by atoms with E-state index in [0.29, 0.717) is 6.61 Å². The van der Waals surface area contributed by atoms with E-state index in [9.17, 15) is 4.79 Å². The zero-order valence-electron chi connectivity index (χ0n) is 16.6. The number of ether oxygens (including phenoxy) is 2. The van der Waals surface area contributed by atoms with Crippen LogP contribution in [0.2, 0.25) is 0 Å². The van der Waals surface area contributed by atoms with Crippen LogP contribution in [-0.2, 0) is 11.3 Å². The van der Waals surface area contributed by atoms with Crippen LogP contribution in [0.25, 0.3) is 11.0 Å². The lowest BCUT2D eigenvalue weighted by Crippen LogP contribution is -2.26. The van der Waals surface area contributed by atoms with Crippen LogP contribution >= 0.6 is 0 Å². The second-order valence-corrected chi connectivity index (χ2v) is 6.77. The van der Waals surface area contributed by atoms with Crippen molar-refractivity contribution in [3.63, 3.8) is 0 Å². The molecule has 1 aromatic heterocycles. The fourth-order valence-corrected chi connectivity index (χ4v) is 3.28. The maximum absolute atomic E-state index is 11.5. The summed E-state index contributed by atoms with van der Waals surface area (Å²) < 4.78 is 13.2. The first-order valence-electron chi connectivity index (χ1n) is 9.57. The summed E-state index contributed by atoms with van der Waals surface area (Å²) >= 11 is 0. The summed E-state index contributed by atoms with van der Waals surface area (Å²) in [7, 11) is 1.65. The predicted molar refractivity (Wildman–Crippen MR) is 110 cm³/mol. The number of nitrogens with zero attached hydrogens (tertiary/aromatic N) is 2. The van der Waals surface area contributed by atoms with Crippen molar-refractivity contribution in [2.24, 2.45) is 0 Å². The Kier molecular flexibility index (Phi) is 6.53. The van der Waals surface area contributed by atoms with Crippen LogP contribution in [0, 0.1) is 0 Å². The molecule has 3 rings (SSSR count). The molecule has 0 bridgehead atoms. The van der Waals surface area contributed by atoms with Gasteiger partial charge in [-0.05, 0) is 44.0 Å². The number of benzene rings is 2. The number of imidazole rings is 1. The van der Waals surface area contributed by atoms with Crippen molar-refractivity contribution in [2.75, 3.05) is 13.7 Å². The van der Waals surface area contributed by atoms with E-state index in [1.807, 2.05) is 49.4 Å². The summed E-state index contributed by atoms with van der Waals surface area (Å²) in [4.78, 5) is 16.2. The number of para-hydroxylation sites is 2. The Morgan fingerprint density at radius 1 is 1.14 bits per heavy atom. The molecule has 28 heavy (non-hydrogen) atoms.